The summed E-state index contributed by atoms with van der Waals surface area (Å²) in [6.07, 6.45) is 0.144. The summed E-state index contributed by atoms with van der Waals surface area (Å²) >= 11 is 0. The Morgan fingerprint density at radius 1 is 0.862 bits per heavy atom. The summed E-state index contributed by atoms with van der Waals surface area (Å²) in [6, 6.07) is 19.9. The number of methoxy groups -OCH3 is 2. The number of nitrogens with one attached hydrogen (secondary N) is 1. The molecule has 0 heterocycles. The Morgan fingerprint density at radius 2 is 1.48 bits per heavy atom. The molecule has 6 nitrogen and oxygen atoms in total. The molecule has 7 heteroatoms. The number of hydrogen-bond acceptors (Lipinski definition) is 5. The van der Waals surface area contributed by atoms with Gasteiger partial charge in [0, 0.05) is 12.0 Å². The van der Waals surface area contributed by atoms with Crippen LogP contribution in [0, 0.1) is 0 Å². The van der Waals surface area contributed by atoms with Gasteiger partial charge in [0.05, 0.1) is 24.8 Å². The Balaban J connectivity index is 1.92. The smallest absolute Gasteiger partial charge is 0.261 e. The third-order valence-corrected chi connectivity index (χ3v) is 5.73. The van der Waals surface area contributed by atoms with Gasteiger partial charge in [-0.15, -0.1) is 0 Å². The molecule has 0 aliphatic rings. The van der Waals surface area contributed by atoms with Crippen LogP contribution in [0.15, 0.2) is 77.7 Å². The van der Waals surface area contributed by atoms with Crippen molar-refractivity contribution in [3.63, 3.8) is 0 Å². The molecule has 29 heavy (non-hydrogen) atoms. The summed E-state index contributed by atoms with van der Waals surface area (Å²) in [6.45, 7) is 0. The molecule has 0 aliphatic heterocycles. The van der Waals surface area contributed by atoms with E-state index in [4.69, 9.17) is 9.47 Å². The van der Waals surface area contributed by atoms with Crippen molar-refractivity contribution in [2.24, 2.45) is 0 Å². The van der Waals surface area contributed by atoms with Crippen molar-refractivity contribution in [2.45, 2.75) is 11.3 Å². The SMILES string of the molecule is COc1ccc(S(=O)(=O)Nc2ccc(OC)cc2C(=O)Cc2ccccc2)cc1. The molecular formula is C22H21NO5S. The largest absolute Gasteiger partial charge is 0.497 e. The summed E-state index contributed by atoms with van der Waals surface area (Å²) in [4.78, 5) is 13.0. The lowest BCUT2D eigenvalue weighted by atomic mass is 10.0. The highest BCUT2D eigenvalue weighted by Crippen LogP contribution is 2.27. The molecule has 150 valence electrons. The highest BCUT2D eigenvalue weighted by atomic mass is 32.2. The summed E-state index contributed by atoms with van der Waals surface area (Å²) in [7, 11) is -0.894. The van der Waals surface area contributed by atoms with Crippen molar-refractivity contribution in [3.8, 4) is 11.5 Å². The third-order valence-electron chi connectivity index (χ3n) is 4.35. The summed E-state index contributed by atoms with van der Waals surface area (Å²) in [5, 5.41) is 0. The van der Waals surface area contributed by atoms with Crippen LogP contribution < -0.4 is 14.2 Å². The zero-order valence-corrected chi connectivity index (χ0v) is 16.9. The van der Waals surface area contributed by atoms with E-state index in [1.807, 2.05) is 30.3 Å². The zero-order chi connectivity index (χ0) is 20.9. The minimum Gasteiger partial charge on any atom is -0.497 e. The molecule has 1 N–H and O–H groups in total. The van der Waals surface area contributed by atoms with Gasteiger partial charge in [-0.05, 0) is 48.0 Å². The van der Waals surface area contributed by atoms with Crippen LogP contribution in [0.3, 0.4) is 0 Å². The number of benzene rings is 3. The van der Waals surface area contributed by atoms with E-state index in [2.05, 4.69) is 4.72 Å². The number of hydrogen-bond donors (Lipinski definition) is 1. The number of Topliss-reactive ketones (excluding diaryl/α,β-unsaturated/α-hetero) is 1. The minimum atomic E-state index is -3.89. The van der Waals surface area contributed by atoms with Gasteiger partial charge in [-0.2, -0.15) is 0 Å². The van der Waals surface area contributed by atoms with Crippen molar-refractivity contribution in [3.05, 3.63) is 83.9 Å². The molecule has 0 unspecified atom stereocenters. The third kappa shape index (κ3) is 4.94. The van der Waals surface area contributed by atoms with E-state index in [-0.39, 0.29) is 28.4 Å². The molecule has 0 radical (unpaired) electrons. The molecule has 0 saturated carbocycles. The Bertz CT molecular complexity index is 1090. The average molecular weight is 411 g/mol. The fourth-order valence-electron chi connectivity index (χ4n) is 2.81. The van der Waals surface area contributed by atoms with Crippen molar-refractivity contribution in [1.29, 1.82) is 0 Å². The number of anilines is 1. The van der Waals surface area contributed by atoms with Crippen LogP contribution in [-0.2, 0) is 16.4 Å². The molecule has 0 aliphatic carbocycles. The molecule has 0 fully saturated rings. The van der Waals surface area contributed by atoms with Crippen LogP contribution in [0.2, 0.25) is 0 Å². The van der Waals surface area contributed by atoms with E-state index in [9.17, 15) is 13.2 Å². The molecule has 0 atom stereocenters. The van der Waals surface area contributed by atoms with Gasteiger partial charge in [0.15, 0.2) is 5.78 Å². The van der Waals surface area contributed by atoms with Crippen LogP contribution in [0.4, 0.5) is 5.69 Å². The first kappa shape index (κ1) is 20.4. The molecule has 3 rings (SSSR count). The molecule has 0 bridgehead atoms. The molecule has 3 aromatic carbocycles. The first-order valence-electron chi connectivity index (χ1n) is 8.85. The van der Waals surface area contributed by atoms with Gasteiger partial charge in [-0.3, -0.25) is 9.52 Å². The van der Waals surface area contributed by atoms with Gasteiger partial charge < -0.3 is 9.47 Å². The highest BCUT2D eigenvalue weighted by Gasteiger charge is 2.20. The standard InChI is InChI=1S/C22H21NO5S/c1-27-17-8-11-19(12-9-17)29(25,26)23-21-13-10-18(28-2)15-20(21)22(24)14-16-6-4-3-5-7-16/h3-13,15,23H,14H2,1-2H3. The topological polar surface area (TPSA) is 81.7 Å². The lowest BCUT2D eigenvalue weighted by Crippen LogP contribution is -2.16. The van der Waals surface area contributed by atoms with Crippen LogP contribution in [0.25, 0.3) is 0 Å². The normalized spacial score (nSPS) is 11.0. The first-order chi connectivity index (χ1) is 13.9. The van der Waals surface area contributed by atoms with Crippen molar-refractivity contribution in [1.82, 2.24) is 0 Å². The van der Waals surface area contributed by atoms with Crippen molar-refractivity contribution < 1.29 is 22.7 Å². The van der Waals surface area contributed by atoms with Gasteiger partial charge in [-0.1, -0.05) is 30.3 Å². The number of rotatable bonds is 8. The average Bonchev–Trinajstić information content (AvgIpc) is 2.74. The number of ketones is 1. The van der Waals surface area contributed by atoms with E-state index in [1.54, 1.807) is 18.2 Å². The maximum Gasteiger partial charge on any atom is 0.261 e. The Kier molecular flexibility index (Phi) is 6.19. The Labute approximate surface area is 170 Å². The quantitative estimate of drug-likeness (QED) is 0.568. The molecule has 0 amide bonds. The van der Waals surface area contributed by atoms with Crippen molar-refractivity contribution in [2.75, 3.05) is 18.9 Å². The molecule has 3 aromatic rings. The Hall–Kier alpha value is -3.32. The number of carbonyl (C=O) groups excluding carboxylic acids is 1. The predicted octanol–water partition coefficient (Wildman–Crippen LogP) is 3.93. The van der Waals surface area contributed by atoms with Crippen molar-refractivity contribution >= 4 is 21.5 Å². The van der Waals surface area contributed by atoms with Crippen LogP contribution in [0.1, 0.15) is 15.9 Å². The van der Waals surface area contributed by atoms with Crippen LogP contribution >= 0.6 is 0 Å². The van der Waals surface area contributed by atoms with Crippen LogP contribution in [0.5, 0.6) is 11.5 Å². The van der Waals surface area contributed by atoms with Gasteiger partial charge in [-0.25, -0.2) is 8.42 Å². The second-order valence-electron chi connectivity index (χ2n) is 6.28. The number of carbonyl (C=O) groups is 1. The predicted molar refractivity (Wildman–Crippen MR) is 111 cm³/mol. The maximum atomic E-state index is 12.9. The second kappa shape index (κ2) is 8.79. The monoisotopic (exact) mass is 411 g/mol. The second-order valence-corrected chi connectivity index (χ2v) is 7.96. The highest BCUT2D eigenvalue weighted by molar-refractivity contribution is 7.92. The number of ether oxygens (including phenoxy) is 2. The summed E-state index contributed by atoms with van der Waals surface area (Å²) < 4.78 is 38.4. The maximum absolute atomic E-state index is 12.9. The van der Waals surface area contributed by atoms with E-state index >= 15 is 0 Å². The van der Waals surface area contributed by atoms with Gasteiger partial charge in [0.1, 0.15) is 11.5 Å². The first-order valence-corrected chi connectivity index (χ1v) is 10.3. The fraction of sp³-hybridized carbons (Fsp3) is 0.136. The van der Waals surface area contributed by atoms with E-state index in [0.717, 1.165) is 5.56 Å². The number of sulfonamides is 1. The minimum absolute atomic E-state index is 0.0653. The Morgan fingerprint density at radius 3 is 2.10 bits per heavy atom. The van der Waals surface area contributed by atoms with Gasteiger partial charge in [0.2, 0.25) is 0 Å². The zero-order valence-electron chi connectivity index (χ0n) is 16.1. The van der Waals surface area contributed by atoms with Gasteiger partial charge in [0.25, 0.3) is 10.0 Å². The molecule has 0 spiro atoms. The summed E-state index contributed by atoms with van der Waals surface area (Å²) in [5.41, 5.74) is 1.28. The lowest BCUT2D eigenvalue weighted by molar-refractivity contribution is 0.0993. The van der Waals surface area contributed by atoms with Crippen LogP contribution in [-0.4, -0.2) is 28.4 Å². The molecule has 0 saturated heterocycles. The summed E-state index contributed by atoms with van der Waals surface area (Å²) in [5.74, 6) is 0.795. The van der Waals surface area contributed by atoms with E-state index < -0.39 is 10.0 Å². The fourth-order valence-corrected chi connectivity index (χ4v) is 3.88. The van der Waals surface area contributed by atoms with E-state index in [1.165, 1.54) is 38.5 Å². The lowest BCUT2D eigenvalue weighted by Gasteiger charge is -2.14. The molecule has 0 aromatic heterocycles. The van der Waals surface area contributed by atoms with E-state index in [0.29, 0.717) is 11.5 Å². The van der Waals surface area contributed by atoms with Gasteiger partial charge >= 0.3 is 0 Å². The molecular weight excluding hydrogens is 390 g/mol.